The third kappa shape index (κ3) is 3.24. The van der Waals surface area contributed by atoms with Crippen LogP contribution in [0.1, 0.15) is 29.6 Å². The van der Waals surface area contributed by atoms with Gasteiger partial charge in [0.25, 0.3) is 5.91 Å². The van der Waals surface area contributed by atoms with Crippen molar-refractivity contribution in [3.05, 3.63) is 34.9 Å². The molecule has 4 heteroatoms. The number of rotatable bonds is 4. The molecule has 1 saturated carbocycles. The summed E-state index contributed by atoms with van der Waals surface area (Å²) in [7, 11) is 0. The van der Waals surface area contributed by atoms with Crippen molar-refractivity contribution in [3.8, 4) is 0 Å². The Kier molecular flexibility index (Phi) is 4.61. The SMILES string of the molecule is O=C(NCC1CCCC1CO)c1cccc(Cl)c1. The zero-order valence-electron chi connectivity index (χ0n) is 10.2. The van der Waals surface area contributed by atoms with Gasteiger partial charge >= 0.3 is 0 Å². The first-order valence-electron chi connectivity index (χ1n) is 6.35. The Balaban J connectivity index is 1.88. The van der Waals surface area contributed by atoms with Crippen molar-refractivity contribution in [1.82, 2.24) is 5.32 Å². The molecule has 3 nitrogen and oxygen atoms in total. The van der Waals surface area contributed by atoms with Crippen LogP contribution in [-0.4, -0.2) is 24.2 Å². The quantitative estimate of drug-likeness (QED) is 0.881. The summed E-state index contributed by atoms with van der Waals surface area (Å²) in [5.41, 5.74) is 0.584. The number of aliphatic hydroxyl groups excluding tert-OH is 1. The van der Waals surface area contributed by atoms with Gasteiger partial charge in [0.05, 0.1) is 0 Å². The normalized spacial score (nSPS) is 23.0. The zero-order valence-corrected chi connectivity index (χ0v) is 11.0. The van der Waals surface area contributed by atoms with E-state index < -0.39 is 0 Å². The molecule has 2 unspecified atom stereocenters. The van der Waals surface area contributed by atoms with E-state index in [0.29, 0.717) is 29.0 Å². The first-order valence-corrected chi connectivity index (χ1v) is 6.73. The minimum Gasteiger partial charge on any atom is -0.396 e. The van der Waals surface area contributed by atoms with Crippen LogP contribution in [0.25, 0.3) is 0 Å². The largest absolute Gasteiger partial charge is 0.396 e. The minimum absolute atomic E-state index is 0.0962. The maximum absolute atomic E-state index is 11.9. The molecule has 0 spiro atoms. The van der Waals surface area contributed by atoms with E-state index >= 15 is 0 Å². The molecule has 0 aromatic heterocycles. The number of hydrogen-bond donors (Lipinski definition) is 2. The Labute approximate surface area is 112 Å². The van der Waals surface area contributed by atoms with E-state index in [9.17, 15) is 9.90 Å². The maximum Gasteiger partial charge on any atom is 0.251 e. The van der Waals surface area contributed by atoms with Crippen LogP contribution in [0.15, 0.2) is 24.3 Å². The number of nitrogens with one attached hydrogen (secondary N) is 1. The lowest BCUT2D eigenvalue weighted by molar-refractivity contribution is 0.0938. The monoisotopic (exact) mass is 267 g/mol. The number of aliphatic hydroxyl groups is 1. The first-order chi connectivity index (χ1) is 8.70. The lowest BCUT2D eigenvalue weighted by atomic mass is 9.97. The molecule has 0 bridgehead atoms. The predicted molar refractivity (Wildman–Crippen MR) is 71.7 cm³/mol. The summed E-state index contributed by atoms with van der Waals surface area (Å²) in [6, 6.07) is 6.93. The molecule has 2 N–H and O–H groups in total. The maximum atomic E-state index is 11.9. The molecule has 1 aromatic carbocycles. The number of halogens is 1. The highest BCUT2D eigenvalue weighted by Crippen LogP contribution is 2.30. The molecule has 1 aliphatic rings. The summed E-state index contributed by atoms with van der Waals surface area (Å²) in [5, 5.41) is 12.7. The summed E-state index contributed by atoms with van der Waals surface area (Å²) in [5.74, 6) is 0.642. The fraction of sp³-hybridized carbons (Fsp3) is 0.500. The van der Waals surface area contributed by atoms with Crippen LogP contribution in [0.3, 0.4) is 0 Å². The Bertz CT molecular complexity index is 422. The fourth-order valence-corrected chi connectivity index (χ4v) is 2.77. The van der Waals surface area contributed by atoms with Crippen molar-refractivity contribution in [2.24, 2.45) is 11.8 Å². The molecular formula is C14H18ClNO2. The fourth-order valence-electron chi connectivity index (χ4n) is 2.58. The van der Waals surface area contributed by atoms with E-state index in [1.807, 2.05) is 0 Å². The van der Waals surface area contributed by atoms with E-state index in [2.05, 4.69) is 5.32 Å². The molecule has 0 aliphatic heterocycles. The van der Waals surface area contributed by atoms with E-state index in [0.717, 1.165) is 19.3 Å². The Morgan fingerprint density at radius 2 is 2.17 bits per heavy atom. The molecule has 18 heavy (non-hydrogen) atoms. The van der Waals surface area contributed by atoms with E-state index in [4.69, 9.17) is 11.6 Å². The lowest BCUT2D eigenvalue weighted by Gasteiger charge is -2.17. The predicted octanol–water partition coefficient (Wildman–Crippen LogP) is 2.48. The molecule has 0 heterocycles. The highest BCUT2D eigenvalue weighted by atomic mass is 35.5. The number of amides is 1. The highest BCUT2D eigenvalue weighted by molar-refractivity contribution is 6.30. The van der Waals surface area contributed by atoms with Crippen LogP contribution in [0.2, 0.25) is 5.02 Å². The number of hydrogen-bond acceptors (Lipinski definition) is 2. The van der Waals surface area contributed by atoms with Crippen LogP contribution in [0.5, 0.6) is 0 Å². The Morgan fingerprint density at radius 1 is 1.39 bits per heavy atom. The van der Waals surface area contributed by atoms with Gasteiger partial charge in [0.1, 0.15) is 0 Å². The number of benzene rings is 1. The van der Waals surface area contributed by atoms with Crippen molar-refractivity contribution in [1.29, 1.82) is 0 Å². The average Bonchev–Trinajstić information content (AvgIpc) is 2.83. The topological polar surface area (TPSA) is 49.3 Å². The lowest BCUT2D eigenvalue weighted by Crippen LogP contribution is -2.31. The highest BCUT2D eigenvalue weighted by Gasteiger charge is 2.26. The van der Waals surface area contributed by atoms with Gasteiger partial charge in [0.15, 0.2) is 0 Å². The van der Waals surface area contributed by atoms with Crippen molar-refractivity contribution in [2.75, 3.05) is 13.2 Å². The molecular weight excluding hydrogens is 250 g/mol. The van der Waals surface area contributed by atoms with Gasteiger partial charge in [-0.3, -0.25) is 4.79 Å². The second-order valence-corrected chi connectivity index (χ2v) is 5.29. The van der Waals surface area contributed by atoms with Gasteiger partial charge in [-0.2, -0.15) is 0 Å². The first kappa shape index (κ1) is 13.4. The molecule has 1 aliphatic carbocycles. The van der Waals surface area contributed by atoms with Crippen molar-refractivity contribution in [2.45, 2.75) is 19.3 Å². The van der Waals surface area contributed by atoms with E-state index in [1.165, 1.54) is 0 Å². The van der Waals surface area contributed by atoms with Gasteiger partial charge < -0.3 is 10.4 Å². The van der Waals surface area contributed by atoms with Crippen LogP contribution in [0.4, 0.5) is 0 Å². The van der Waals surface area contributed by atoms with E-state index in [-0.39, 0.29) is 12.5 Å². The molecule has 2 rings (SSSR count). The summed E-state index contributed by atoms with van der Waals surface area (Å²) >= 11 is 5.85. The van der Waals surface area contributed by atoms with Crippen LogP contribution >= 0.6 is 11.6 Å². The number of carbonyl (C=O) groups excluding carboxylic acids is 1. The van der Waals surface area contributed by atoms with Gasteiger partial charge in [0.2, 0.25) is 0 Å². The summed E-state index contributed by atoms with van der Waals surface area (Å²) in [6.07, 6.45) is 3.29. The summed E-state index contributed by atoms with van der Waals surface area (Å²) < 4.78 is 0. The smallest absolute Gasteiger partial charge is 0.251 e. The van der Waals surface area contributed by atoms with Crippen LogP contribution in [-0.2, 0) is 0 Å². The second kappa shape index (κ2) is 6.21. The van der Waals surface area contributed by atoms with Gasteiger partial charge in [-0.25, -0.2) is 0 Å². The molecule has 2 atom stereocenters. The third-order valence-corrected chi connectivity index (χ3v) is 3.90. The average molecular weight is 268 g/mol. The molecule has 1 fully saturated rings. The summed E-state index contributed by atoms with van der Waals surface area (Å²) in [4.78, 5) is 11.9. The van der Waals surface area contributed by atoms with Gasteiger partial charge in [-0.15, -0.1) is 0 Å². The molecule has 1 amide bonds. The molecule has 0 radical (unpaired) electrons. The molecule has 0 saturated heterocycles. The molecule has 98 valence electrons. The standard InChI is InChI=1S/C14H18ClNO2/c15-13-6-2-3-10(7-13)14(18)16-8-11-4-1-5-12(11)9-17/h2-3,6-7,11-12,17H,1,4-5,8-9H2,(H,16,18). The molecule has 1 aromatic rings. The second-order valence-electron chi connectivity index (χ2n) is 4.85. The minimum atomic E-state index is -0.0962. The zero-order chi connectivity index (χ0) is 13.0. The summed E-state index contributed by atoms with van der Waals surface area (Å²) in [6.45, 7) is 0.855. The Hall–Kier alpha value is -1.06. The van der Waals surface area contributed by atoms with E-state index in [1.54, 1.807) is 24.3 Å². The third-order valence-electron chi connectivity index (χ3n) is 3.66. The van der Waals surface area contributed by atoms with Gasteiger partial charge in [0, 0.05) is 23.7 Å². The van der Waals surface area contributed by atoms with Crippen molar-refractivity contribution >= 4 is 17.5 Å². The van der Waals surface area contributed by atoms with Crippen molar-refractivity contribution < 1.29 is 9.90 Å². The van der Waals surface area contributed by atoms with Crippen molar-refractivity contribution in [3.63, 3.8) is 0 Å². The Morgan fingerprint density at radius 3 is 2.89 bits per heavy atom. The van der Waals surface area contributed by atoms with Crippen LogP contribution in [0, 0.1) is 11.8 Å². The number of carbonyl (C=O) groups is 1. The van der Waals surface area contributed by atoms with Gasteiger partial charge in [-0.1, -0.05) is 24.1 Å². The van der Waals surface area contributed by atoms with Crippen LogP contribution < -0.4 is 5.32 Å². The van der Waals surface area contributed by atoms with Gasteiger partial charge in [-0.05, 0) is 42.9 Å².